The zero-order valence-corrected chi connectivity index (χ0v) is 14.7. The van der Waals surface area contributed by atoms with E-state index in [1.807, 2.05) is 26.0 Å². The quantitative estimate of drug-likeness (QED) is 0.787. The highest BCUT2D eigenvalue weighted by atomic mass is 16.5. The Morgan fingerprint density at radius 1 is 1.32 bits per heavy atom. The van der Waals surface area contributed by atoms with Crippen LogP contribution in [0.2, 0.25) is 0 Å². The Kier molecular flexibility index (Phi) is 4.01. The number of aromatic amines is 1. The van der Waals surface area contributed by atoms with Crippen LogP contribution in [0.5, 0.6) is 5.88 Å². The van der Waals surface area contributed by atoms with Crippen molar-refractivity contribution in [2.24, 2.45) is 0 Å². The van der Waals surface area contributed by atoms with Crippen molar-refractivity contribution in [3.8, 4) is 17.3 Å². The lowest BCUT2D eigenvalue weighted by molar-refractivity contribution is 0.239. The Labute approximate surface area is 146 Å². The number of ether oxygens (including phenoxy) is 1. The number of pyridine rings is 1. The fraction of sp³-hybridized carbons (Fsp3) is 0.389. The van der Waals surface area contributed by atoms with E-state index in [1.54, 1.807) is 13.3 Å². The van der Waals surface area contributed by atoms with Gasteiger partial charge >= 0.3 is 0 Å². The first-order valence-corrected chi connectivity index (χ1v) is 8.36. The summed E-state index contributed by atoms with van der Waals surface area (Å²) in [5, 5.41) is 4.04. The van der Waals surface area contributed by atoms with Crippen LogP contribution in [0.4, 0.5) is 0 Å². The topological polar surface area (TPSA) is 80.1 Å². The molecule has 3 aromatic rings. The molecule has 1 aliphatic rings. The van der Waals surface area contributed by atoms with E-state index < -0.39 is 0 Å². The Balaban J connectivity index is 1.52. The number of nitrogens with one attached hydrogen (secondary N) is 1. The normalized spacial score (nSPS) is 14.5. The number of aromatic nitrogens is 4. The molecule has 0 spiro atoms. The van der Waals surface area contributed by atoms with Crippen LogP contribution in [0, 0.1) is 13.8 Å². The minimum atomic E-state index is 0.603. The van der Waals surface area contributed by atoms with E-state index in [4.69, 9.17) is 14.2 Å². The van der Waals surface area contributed by atoms with E-state index in [2.05, 4.69) is 20.0 Å². The Morgan fingerprint density at radius 3 is 2.88 bits per heavy atom. The van der Waals surface area contributed by atoms with E-state index in [0.29, 0.717) is 5.88 Å². The molecule has 0 bridgehead atoms. The molecule has 1 N–H and O–H groups in total. The maximum atomic E-state index is 5.27. The summed E-state index contributed by atoms with van der Waals surface area (Å²) in [5.41, 5.74) is 5.43. The number of imidazole rings is 1. The van der Waals surface area contributed by atoms with Gasteiger partial charge in [-0.3, -0.25) is 4.90 Å². The van der Waals surface area contributed by atoms with Crippen LogP contribution in [0.1, 0.15) is 28.4 Å². The van der Waals surface area contributed by atoms with E-state index in [1.165, 1.54) is 11.3 Å². The molecular weight excluding hydrogens is 318 g/mol. The molecule has 0 fully saturated rings. The second-order valence-corrected chi connectivity index (χ2v) is 6.36. The minimum absolute atomic E-state index is 0.603. The maximum Gasteiger partial charge on any atom is 0.212 e. The zero-order valence-electron chi connectivity index (χ0n) is 14.7. The fourth-order valence-corrected chi connectivity index (χ4v) is 3.21. The minimum Gasteiger partial charge on any atom is -0.481 e. The van der Waals surface area contributed by atoms with E-state index in [-0.39, 0.29) is 0 Å². The third-order valence-corrected chi connectivity index (χ3v) is 4.69. The van der Waals surface area contributed by atoms with Gasteiger partial charge in [0.25, 0.3) is 0 Å². The molecule has 0 saturated carbocycles. The molecule has 0 aromatic carbocycles. The lowest BCUT2D eigenvalue weighted by Gasteiger charge is -2.25. The summed E-state index contributed by atoms with van der Waals surface area (Å²) in [6.45, 7) is 6.62. The molecule has 3 aromatic heterocycles. The number of H-pyrrole nitrogens is 1. The fourth-order valence-electron chi connectivity index (χ4n) is 3.21. The molecule has 130 valence electrons. The average Bonchev–Trinajstić information content (AvgIpc) is 3.20. The maximum absolute atomic E-state index is 5.27. The van der Waals surface area contributed by atoms with Crippen molar-refractivity contribution in [1.82, 2.24) is 25.0 Å². The van der Waals surface area contributed by atoms with E-state index in [9.17, 15) is 0 Å². The van der Waals surface area contributed by atoms with Crippen molar-refractivity contribution in [1.29, 1.82) is 0 Å². The summed E-state index contributed by atoms with van der Waals surface area (Å²) < 4.78 is 10.4. The lowest BCUT2D eigenvalue weighted by atomic mass is 10.1. The first kappa shape index (κ1) is 15.8. The van der Waals surface area contributed by atoms with Crippen LogP contribution in [0.3, 0.4) is 0 Å². The Hall–Kier alpha value is -2.67. The molecule has 0 amide bonds. The number of methoxy groups -OCH3 is 1. The van der Waals surface area contributed by atoms with Gasteiger partial charge in [-0.05, 0) is 19.9 Å². The summed E-state index contributed by atoms with van der Waals surface area (Å²) in [4.78, 5) is 14.8. The highest BCUT2D eigenvalue weighted by molar-refractivity contribution is 5.55. The van der Waals surface area contributed by atoms with Gasteiger partial charge in [-0.25, -0.2) is 9.97 Å². The molecule has 0 saturated heterocycles. The lowest BCUT2D eigenvalue weighted by Crippen LogP contribution is -2.30. The van der Waals surface area contributed by atoms with Gasteiger partial charge in [0, 0.05) is 49.4 Å². The zero-order chi connectivity index (χ0) is 17.4. The van der Waals surface area contributed by atoms with Gasteiger partial charge in [0.1, 0.15) is 11.6 Å². The van der Waals surface area contributed by atoms with Crippen molar-refractivity contribution < 1.29 is 9.26 Å². The van der Waals surface area contributed by atoms with Crippen LogP contribution in [0.25, 0.3) is 11.4 Å². The highest BCUT2D eigenvalue weighted by Gasteiger charge is 2.22. The molecule has 0 radical (unpaired) electrons. The van der Waals surface area contributed by atoms with Gasteiger partial charge in [0.05, 0.1) is 24.2 Å². The van der Waals surface area contributed by atoms with Crippen molar-refractivity contribution in [2.45, 2.75) is 33.4 Å². The van der Waals surface area contributed by atoms with Gasteiger partial charge in [0.15, 0.2) is 0 Å². The molecule has 25 heavy (non-hydrogen) atoms. The second-order valence-electron chi connectivity index (χ2n) is 6.36. The van der Waals surface area contributed by atoms with Crippen molar-refractivity contribution in [3.63, 3.8) is 0 Å². The SMILES string of the molecule is COc1ccc(-c2nc3c([nH]2)CN(Cc2c(C)noc2C)CC3)cn1. The number of hydrogen-bond donors (Lipinski definition) is 1. The predicted octanol–water partition coefficient (Wildman–Crippen LogP) is 2.64. The Morgan fingerprint density at radius 2 is 2.20 bits per heavy atom. The summed E-state index contributed by atoms with van der Waals surface area (Å²) >= 11 is 0. The third-order valence-electron chi connectivity index (χ3n) is 4.69. The largest absolute Gasteiger partial charge is 0.481 e. The van der Waals surface area contributed by atoms with Gasteiger partial charge in [-0.1, -0.05) is 5.16 Å². The summed E-state index contributed by atoms with van der Waals surface area (Å²) in [5.74, 6) is 2.36. The molecule has 7 heteroatoms. The predicted molar refractivity (Wildman–Crippen MR) is 92.2 cm³/mol. The highest BCUT2D eigenvalue weighted by Crippen LogP contribution is 2.25. The van der Waals surface area contributed by atoms with E-state index in [0.717, 1.165) is 54.6 Å². The number of hydrogen-bond acceptors (Lipinski definition) is 6. The second kappa shape index (κ2) is 6.33. The van der Waals surface area contributed by atoms with Crippen molar-refractivity contribution in [2.75, 3.05) is 13.7 Å². The van der Waals surface area contributed by atoms with Gasteiger partial charge in [-0.15, -0.1) is 0 Å². The molecule has 4 heterocycles. The van der Waals surface area contributed by atoms with Crippen LogP contribution in [0.15, 0.2) is 22.9 Å². The smallest absolute Gasteiger partial charge is 0.212 e. The number of nitrogens with zero attached hydrogens (tertiary/aromatic N) is 4. The number of aryl methyl sites for hydroxylation is 2. The number of fused-ring (bicyclic) bond motifs is 1. The average molecular weight is 339 g/mol. The standard InChI is InChI=1S/C18H21N5O2/c1-11-14(12(2)25-22-11)9-23-7-6-15-16(10-23)21-18(20-15)13-4-5-17(24-3)19-8-13/h4-5,8H,6-7,9-10H2,1-3H3,(H,20,21). The van der Waals surface area contributed by atoms with Gasteiger partial charge in [-0.2, -0.15) is 0 Å². The summed E-state index contributed by atoms with van der Waals surface area (Å²) in [6.07, 6.45) is 2.71. The number of rotatable bonds is 4. The van der Waals surface area contributed by atoms with Crippen LogP contribution in [-0.2, 0) is 19.5 Å². The monoisotopic (exact) mass is 339 g/mol. The third kappa shape index (κ3) is 3.02. The van der Waals surface area contributed by atoms with Crippen LogP contribution >= 0.6 is 0 Å². The molecule has 1 aliphatic heterocycles. The Bertz CT molecular complexity index is 862. The van der Waals surface area contributed by atoms with Crippen LogP contribution < -0.4 is 4.74 Å². The molecule has 7 nitrogen and oxygen atoms in total. The molecule has 4 rings (SSSR count). The van der Waals surface area contributed by atoms with Crippen molar-refractivity contribution in [3.05, 3.63) is 46.7 Å². The van der Waals surface area contributed by atoms with E-state index >= 15 is 0 Å². The molecule has 0 aliphatic carbocycles. The molecule has 0 atom stereocenters. The first-order valence-electron chi connectivity index (χ1n) is 8.36. The van der Waals surface area contributed by atoms with Gasteiger partial charge in [0.2, 0.25) is 5.88 Å². The van der Waals surface area contributed by atoms with Crippen molar-refractivity contribution >= 4 is 0 Å². The van der Waals surface area contributed by atoms with Crippen LogP contribution in [-0.4, -0.2) is 38.7 Å². The molecular formula is C18H21N5O2. The summed E-state index contributed by atoms with van der Waals surface area (Å²) in [6, 6.07) is 3.82. The van der Waals surface area contributed by atoms with Gasteiger partial charge < -0.3 is 14.2 Å². The molecule has 0 unspecified atom stereocenters. The summed E-state index contributed by atoms with van der Waals surface area (Å²) in [7, 11) is 1.61. The first-order chi connectivity index (χ1) is 12.1.